The summed E-state index contributed by atoms with van der Waals surface area (Å²) in [7, 11) is -3.85. The van der Waals surface area contributed by atoms with Crippen molar-refractivity contribution >= 4 is 21.2 Å². The van der Waals surface area contributed by atoms with E-state index in [0.717, 1.165) is 17.0 Å². The molecule has 0 aliphatic heterocycles. The molecule has 2 rings (SSSR count). The van der Waals surface area contributed by atoms with Crippen LogP contribution in [-0.2, 0) is 16.7 Å². The number of hydrogen-bond donors (Lipinski definition) is 1. The molecule has 0 radical (unpaired) electrons. The smallest absolute Gasteiger partial charge is 0.344 e. The Labute approximate surface area is 106 Å². The molecule has 0 unspecified atom stereocenters. The van der Waals surface area contributed by atoms with E-state index < -0.39 is 10.1 Å². The average Bonchev–Trinajstić information content (AvgIpc) is 2.59. The number of rotatable bonds is 5. The lowest BCUT2D eigenvalue weighted by atomic mass is 10.3. The molecule has 1 N–H and O–H groups in total. The van der Waals surface area contributed by atoms with Crippen molar-refractivity contribution in [2.24, 2.45) is 0 Å². The number of oxazole rings is 1. The maximum Gasteiger partial charge on any atom is 0.344 e. The molecule has 0 aliphatic rings. The van der Waals surface area contributed by atoms with Crippen LogP contribution in [0.1, 0.15) is 18.7 Å². The summed E-state index contributed by atoms with van der Waals surface area (Å²) in [4.78, 5) is 0. The van der Waals surface area contributed by atoms with Crippen LogP contribution >= 0.6 is 0 Å². The van der Waals surface area contributed by atoms with E-state index in [9.17, 15) is 8.42 Å². The van der Waals surface area contributed by atoms with E-state index >= 15 is 0 Å². The topological polar surface area (TPSA) is 71.4 Å². The van der Waals surface area contributed by atoms with E-state index in [4.69, 9.17) is 8.97 Å². The van der Waals surface area contributed by atoms with Gasteiger partial charge in [-0.25, -0.2) is 0 Å². The summed E-state index contributed by atoms with van der Waals surface area (Å²) in [5.74, 6) is 0.602. The van der Waals surface area contributed by atoms with E-state index in [1.807, 2.05) is 35.8 Å². The second kappa shape index (κ2) is 5.07. The third-order valence-corrected chi connectivity index (χ3v) is 3.63. The van der Waals surface area contributed by atoms with Crippen molar-refractivity contribution in [2.75, 3.05) is 5.75 Å². The van der Waals surface area contributed by atoms with E-state index in [-0.39, 0.29) is 5.75 Å². The van der Waals surface area contributed by atoms with Crippen LogP contribution in [0.4, 0.5) is 0 Å². The van der Waals surface area contributed by atoms with Gasteiger partial charge in [0.2, 0.25) is 5.58 Å². The Kier molecular flexibility index (Phi) is 3.68. The molecule has 18 heavy (non-hydrogen) atoms. The molecule has 98 valence electrons. The third-order valence-electron chi connectivity index (χ3n) is 2.83. The SMILES string of the molecule is Cc1oc2ccccc2[n+]1CCCCS(=O)(=O)O. The van der Waals surface area contributed by atoms with Crippen molar-refractivity contribution in [1.29, 1.82) is 0 Å². The van der Waals surface area contributed by atoms with Gasteiger partial charge in [0.05, 0.1) is 12.7 Å². The number of para-hydroxylation sites is 2. The van der Waals surface area contributed by atoms with Gasteiger partial charge in [-0.15, -0.1) is 0 Å². The molecular weight excluding hydrogens is 254 g/mol. The van der Waals surface area contributed by atoms with E-state index in [1.54, 1.807) is 0 Å². The van der Waals surface area contributed by atoms with Crippen LogP contribution in [0.5, 0.6) is 0 Å². The second-order valence-electron chi connectivity index (χ2n) is 4.23. The highest BCUT2D eigenvalue weighted by Crippen LogP contribution is 2.12. The Bertz CT molecular complexity index is 645. The molecule has 5 nitrogen and oxygen atoms in total. The largest absolute Gasteiger partial charge is 0.402 e. The standard InChI is InChI=1S/C12H15NO4S/c1-10-13(8-4-5-9-18(14,15)16)11-6-2-3-7-12(11)17-10/h2-3,6-7H,4-5,8-9H2,1H3/p+1. The molecule has 1 aromatic carbocycles. The van der Waals surface area contributed by atoms with Crippen LogP contribution in [0.3, 0.4) is 0 Å². The Hall–Kier alpha value is -1.40. The van der Waals surface area contributed by atoms with Gasteiger partial charge in [-0.05, 0) is 12.5 Å². The highest BCUT2D eigenvalue weighted by atomic mass is 32.2. The molecule has 2 aromatic rings. The summed E-state index contributed by atoms with van der Waals surface area (Å²) in [5, 5.41) is 0. The van der Waals surface area contributed by atoms with Crippen LogP contribution in [0.25, 0.3) is 11.1 Å². The van der Waals surface area contributed by atoms with Gasteiger partial charge >= 0.3 is 5.89 Å². The molecule has 1 aromatic heterocycles. The molecule has 1 heterocycles. The summed E-state index contributed by atoms with van der Waals surface area (Å²) in [5.41, 5.74) is 1.83. The van der Waals surface area contributed by atoms with E-state index in [0.29, 0.717) is 19.4 Å². The summed E-state index contributed by atoms with van der Waals surface area (Å²) in [6, 6.07) is 7.71. The summed E-state index contributed by atoms with van der Waals surface area (Å²) < 4.78 is 37.5. The molecule has 6 heteroatoms. The van der Waals surface area contributed by atoms with Gasteiger partial charge in [0.15, 0.2) is 6.54 Å². The fourth-order valence-corrected chi connectivity index (χ4v) is 2.55. The summed E-state index contributed by atoms with van der Waals surface area (Å²) in [6.45, 7) is 2.56. The van der Waals surface area contributed by atoms with E-state index in [2.05, 4.69) is 0 Å². The van der Waals surface area contributed by atoms with Gasteiger partial charge in [-0.3, -0.25) is 4.55 Å². The molecule has 0 saturated carbocycles. The van der Waals surface area contributed by atoms with Crippen LogP contribution in [0, 0.1) is 6.92 Å². The van der Waals surface area contributed by atoms with Crippen molar-refractivity contribution in [2.45, 2.75) is 26.3 Å². The number of hydrogen-bond acceptors (Lipinski definition) is 3. The number of nitrogens with zero attached hydrogens (tertiary/aromatic N) is 1. The fraction of sp³-hybridized carbons (Fsp3) is 0.417. The van der Waals surface area contributed by atoms with Gasteiger partial charge in [-0.1, -0.05) is 12.1 Å². The first kappa shape index (κ1) is 13.0. The van der Waals surface area contributed by atoms with Crippen molar-refractivity contribution in [1.82, 2.24) is 0 Å². The normalized spacial score (nSPS) is 12.1. The van der Waals surface area contributed by atoms with Crippen LogP contribution in [0.2, 0.25) is 0 Å². The monoisotopic (exact) mass is 270 g/mol. The Morgan fingerprint density at radius 2 is 2.00 bits per heavy atom. The first-order chi connectivity index (χ1) is 8.47. The van der Waals surface area contributed by atoms with E-state index in [1.165, 1.54) is 0 Å². The predicted molar refractivity (Wildman–Crippen MR) is 66.8 cm³/mol. The maximum absolute atomic E-state index is 10.6. The fourth-order valence-electron chi connectivity index (χ4n) is 1.98. The lowest BCUT2D eigenvalue weighted by molar-refractivity contribution is -0.683. The highest BCUT2D eigenvalue weighted by Gasteiger charge is 2.17. The molecular formula is C12H16NO4S+. The number of aryl methyl sites for hydroxylation is 2. The van der Waals surface area contributed by atoms with Gasteiger partial charge in [0.25, 0.3) is 15.6 Å². The Balaban J connectivity index is 2.06. The molecule has 0 bridgehead atoms. The van der Waals surface area contributed by atoms with Crippen LogP contribution in [-0.4, -0.2) is 18.7 Å². The lowest BCUT2D eigenvalue weighted by Gasteiger charge is -1.96. The Morgan fingerprint density at radius 1 is 1.28 bits per heavy atom. The predicted octanol–water partition coefficient (Wildman–Crippen LogP) is 1.70. The van der Waals surface area contributed by atoms with Crippen molar-refractivity contribution in [3.63, 3.8) is 0 Å². The van der Waals surface area contributed by atoms with Crippen molar-refractivity contribution < 1.29 is 22.0 Å². The van der Waals surface area contributed by atoms with Gasteiger partial charge in [0, 0.05) is 12.5 Å². The average molecular weight is 270 g/mol. The molecule has 0 atom stereocenters. The minimum atomic E-state index is -3.85. The zero-order valence-corrected chi connectivity index (χ0v) is 11.0. The molecule has 0 saturated heterocycles. The number of aromatic nitrogens is 1. The molecule has 0 spiro atoms. The van der Waals surface area contributed by atoms with Crippen LogP contribution < -0.4 is 4.57 Å². The van der Waals surface area contributed by atoms with Crippen molar-refractivity contribution in [3.05, 3.63) is 30.2 Å². The maximum atomic E-state index is 10.6. The Morgan fingerprint density at radius 3 is 2.72 bits per heavy atom. The first-order valence-electron chi connectivity index (χ1n) is 5.80. The van der Waals surface area contributed by atoms with Gasteiger partial charge in [-0.2, -0.15) is 13.0 Å². The number of unbranched alkanes of at least 4 members (excludes halogenated alkanes) is 1. The van der Waals surface area contributed by atoms with Gasteiger partial charge < -0.3 is 4.42 Å². The highest BCUT2D eigenvalue weighted by molar-refractivity contribution is 7.85. The number of benzene rings is 1. The summed E-state index contributed by atoms with van der Waals surface area (Å²) >= 11 is 0. The zero-order chi connectivity index (χ0) is 13.2. The number of fused-ring (bicyclic) bond motifs is 1. The van der Waals surface area contributed by atoms with Crippen molar-refractivity contribution in [3.8, 4) is 0 Å². The quantitative estimate of drug-likeness (QED) is 0.510. The molecule has 0 amide bonds. The minimum absolute atomic E-state index is 0.192. The van der Waals surface area contributed by atoms with Gasteiger partial charge in [0.1, 0.15) is 0 Å². The van der Waals surface area contributed by atoms with Crippen LogP contribution in [0.15, 0.2) is 28.7 Å². The molecule has 0 aliphatic carbocycles. The lowest BCUT2D eigenvalue weighted by Crippen LogP contribution is -2.35. The second-order valence-corrected chi connectivity index (χ2v) is 5.81. The first-order valence-corrected chi connectivity index (χ1v) is 7.41. The zero-order valence-electron chi connectivity index (χ0n) is 10.2. The minimum Gasteiger partial charge on any atom is -0.402 e. The molecule has 0 fully saturated rings. The summed E-state index contributed by atoms with van der Waals surface area (Å²) in [6.07, 6.45) is 1.11. The third kappa shape index (κ3) is 3.08.